The van der Waals surface area contributed by atoms with Gasteiger partial charge in [0.1, 0.15) is 11.5 Å². The second-order valence-electron chi connectivity index (χ2n) is 4.55. The number of nitrogens with zero attached hydrogens (tertiary/aromatic N) is 1. The van der Waals surface area contributed by atoms with Gasteiger partial charge < -0.3 is 19.6 Å². The number of furan rings is 1. The standard InChI is InChI=1S/C14H21N3O3/c1-11-3-4-13(20-11)14-12(10-16-17-14)9-15-5-2-7-19-8-6-18/h3-4,10,15,18H,2,5-9H2,1H3,(H,16,17). The maximum absolute atomic E-state index is 8.57. The lowest BCUT2D eigenvalue weighted by atomic mass is 10.2. The summed E-state index contributed by atoms with van der Waals surface area (Å²) in [6.07, 6.45) is 2.72. The van der Waals surface area contributed by atoms with Crippen LogP contribution in [0.4, 0.5) is 0 Å². The molecule has 0 spiro atoms. The van der Waals surface area contributed by atoms with E-state index in [1.165, 1.54) is 0 Å². The quantitative estimate of drug-likeness (QED) is 0.605. The van der Waals surface area contributed by atoms with Crippen LogP contribution in [0.1, 0.15) is 17.7 Å². The Bertz CT molecular complexity index is 507. The van der Waals surface area contributed by atoms with Gasteiger partial charge in [-0.15, -0.1) is 0 Å². The molecule has 6 heteroatoms. The van der Waals surface area contributed by atoms with Crippen molar-refractivity contribution in [2.24, 2.45) is 0 Å². The first-order chi connectivity index (χ1) is 9.81. The molecule has 0 bridgehead atoms. The molecule has 110 valence electrons. The molecule has 20 heavy (non-hydrogen) atoms. The molecule has 2 rings (SSSR count). The highest BCUT2D eigenvalue weighted by Gasteiger charge is 2.10. The molecule has 2 heterocycles. The summed E-state index contributed by atoms with van der Waals surface area (Å²) in [5, 5.41) is 18.9. The van der Waals surface area contributed by atoms with Gasteiger partial charge in [0.05, 0.1) is 19.4 Å². The number of hydrogen-bond donors (Lipinski definition) is 3. The van der Waals surface area contributed by atoms with E-state index in [1.54, 1.807) is 0 Å². The number of ether oxygens (including phenoxy) is 1. The van der Waals surface area contributed by atoms with Crippen LogP contribution < -0.4 is 5.32 Å². The van der Waals surface area contributed by atoms with Crippen LogP contribution in [0, 0.1) is 6.92 Å². The topological polar surface area (TPSA) is 83.3 Å². The number of aliphatic hydroxyl groups excluding tert-OH is 1. The highest BCUT2D eigenvalue weighted by Crippen LogP contribution is 2.23. The van der Waals surface area contributed by atoms with Crippen LogP contribution in [0.15, 0.2) is 22.7 Å². The monoisotopic (exact) mass is 279 g/mol. The third-order valence-electron chi connectivity index (χ3n) is 2.90. The number of nitrogens with one attached hydrogen (secondary N) is 2. The van der Waals surface area contributed by atoms with Crippen molar-refractivity contribution in [3.8, 4) is 11.5 Å². The van der Waals surface area contributed by atoms with Crippen LogP contribution in [-0.2, 0) is 11.3 Å². The van der Waals surface area contributed by atoms with Gasteiger partial charge in [-0.3, -0.25) is 5.10 Å². The van der Waals surface area contributed by atoms with Crippen molar-refractivity contribution in [1.82, 2.24) is 15.5 Å². The smallest absolute Gasteiger partial charge is 0.152 e. The summed E-state index contributed by atoms with van der Waals surface area (Å²) in [5.41, 5.74) is 2.00. The van der Waals surface area contributed by atoms with E-state index in [0.29, 0.717) is 13.2 Å². The Labute approximate surface area is 118 Å². The fourth-order valence-corrected chi connectivity index (χ4v) is 1.92. The summed E-state index contributed by atoms with van der Waals surface area (Å²) in [6, 6.07) is 3.88. The second-order valence-corrected chi connectivity index (χ2v) is 4.55. The predicted molar refractivity (Wildman–Crippen MR) is 75.3 cm³/mol. The van der Waals surface area contributed by atoms with Crippen LogP contribution in [0.5, 0.6) is 0 Å². The highest BCUT2D eigenvalue weighted by atomic mass is 16.5. The Kier molecular flexibility index (Phi) is 5.79. The van der Waals surface area contributed by atoms with Gasteiger partial charge in [0.15, 0.2) is 5.76 Å². The van der Waals surface area contributed by atoms with Gasteiger partial charge in [-0.2, -0.15) is 5.10 Å². The second kappa shape index (κ2) is 7.84. The largest absolute Gasteiger partial charge is 0.460 e. The van der Waals surface area contributed by atoms with Crippen LogP contribution in [0.25, 0.3) is 11.5 Å². The van der Waals surface area contributed by atoms with Crippen molar-refractivity contribution in [3.05, 3.63) is 29.7 Å². The van der Waals surface area contributed by atoms with Crippen LogP contribution in [0.3, 0.4) is 0 Å². The van der Waals surface area contributed by atoms with E-state index >= 15 is 0 Å². The van der Waals surface area contributed by atoms with E-state index in [9.17, 15) is 0 Å². The molecule has 6 nitrogen and oxygen atoms in total. The maximum Gasteiger partial charge on any atom is 0.152 e. The molecular formula is C14H21N3O3. The van der Waals surface area contributed by atoms with Crippen molar-refractivity contribution >= 4 is 0 Å². The number of aryl methyl sites for hydroxylation is 1. The van der Waals surface area contributed by atoms with Crippen molar-refractivity contribution in [1.29, 1.82) is 0 Å². The molecule has 0 saturated heterocycles. The Morgan fingerprint density at radius 3 is 3.05 bits per heavy atom. The summed E-state index contributed by atoms with van der Waals surface area (Å²) in [6.45, 7) is 4.64. The zero-order valence-electron chi connectivity index (χ0n) is 11.7. The first kappa shape index (κ1) is 14.8. The molecule has 0 saturated carbocycles. The SMILES string of the molecule is Cc1ccc(-c2[nH]ncc2CNCCCOCCO)o1. The fourth-order valence-electron chi connectivity index (χ4n) is 1.92. The van der Waals surface area contributed by atoms with E-state index in [4.69, 9.17) is 14.3 Å². The lowest BCUT2D eigenvalue weighted by Gasteiger charge is -2.05. The van der Waals surface area contributed by atoms with E-state index in [-0.39, 0.29) is 6.61 Å². The molecule has 0 atom stereocenters. The third-order valence-corrected chi connectivity index (χ3v) is 2.90. The van der Waals surface area contributed by atoms with Crippen molar-refractivity contribution in [3.63, 3.8) is 0 Å². The molecule has 0 radical (unpaired) electrons. The van der Waals surface area contributed by atoms with Crippen molar-refractivity contribution < 1.29 is 14.3 Å². The molecule has 0 unspecified atom stereocenters. The first-order valence-corrected chi connectivity index (χ1v) is 6.79. The summed E-state index contributed by atoms with van der Waals surface area (Å²) in [5.74, 6) is 1.69. The van der Waals surface area contributed by atoms with Gasteiger partial charge in [-0.1, -0.05) is 0 Å². The molecule has 0 fully saturated rings. The van der Waals surface area contributed by atoms with Gasteiger partial charge in [0.25, 0.3) is 0 Å². The molecular weight excluding hydrogens is 258 g/mol. The summed E-state index contributed by atoms with van der Waals surface area (Å²) in [7, 11) is 0. The Morgan fingerprint density at radius 2 is 2.30 bits per heavy atom. The van der Waals surface area contributed by atoms with E-state index in [2.05, 4.69) is 15.5 Å². The van der Waals surface area contributed by atoms with Gasteiger partial charge in [0.2, 0.25) is 0 Å². The molecule has 0 aliphatic heterocycles. The number of aliphatic hydroxyl groups is 1. The zero-order valence-corrected chi connectivity index (χ0v) is 11.7. The number of rotatable bonds is 9. The van der Waals surface area contributed by atoms with Crippen LogP contribution in [-0.4, -0.2) is 41.7 Å². The lowest BCUT2D eigenvalue weighted by molar-refractivity contribution is 0.0907. The van der Waals surface area contributed by atoms with E-state index < -0.39 is 0 Å². The first-order valence-electron chi connectivity index (χ1n) is 6.79. The minimum absolute atomic E-state index is 0.0777. The molecule has 0 aromatic carbocycles. The minimum atomic E-state index is 0.0777. The maximum atomic E-state index is 8.57. The van der Waals surface area contributed by atoms with Crippen molar-refractivity contribution in [2.45, 2.75) is 19.9 Å². The number of aromatic nitrogens is 2. The van der Waals surface area contributed by atoms with Gasteiger partial charge in [-0.25, -0.2) is 0 Å². The fraction of sp³-hybridized carbons (Fsp3) is 0.500. The Morgan fingerprint density at radius 1 is 1.40 bits per heavy atom. The summed E-state index contributed by atoms with van der Waals surface area (Å²) < 4.78 is 10.8. The Hall–Kier alpha value is -1.63. The Balaban J connectivity index is 1.75. The van der Waals surface area contributed by atoms with Crippen LogP contribution in [0.2, 0.25) is 0 Å². The minimum Gasteiger partial charge on any atom is -0.460 e. The van der Waals surface area contributed by atoms with Gasteiger partial charge in [0, 0.05) is 18.7 Å². The third kappa shape index (κ3) is 4.19. The van der Waals surface area contributed by atoms with E-state index in [1.807, 2.05) is 25.3 Å². The van der Waals surface area contributed by atoms with Crippen molar-refractivity contribution in [2.75, 3.05) is 26.4 Å². The van der Waals surface area contributed by atoms with Gasteiger partial charge >= 0.3 is 0 Å². The van der Waals surface area contributed by atoms with Gasteiger partial charge in [-0.05, 0) is 32.0 Å². The molecule has 2 aromatic heterocycles. The molecule has 2 aromatic rings. The molecule has 3 N–H and O–H groups in total. The molecule has 0 aliphatic carbocycles. The van der Waals surface area contributed by atoms with Crippen LogP contribution >= 0.6 is 0 Å². The van der Waals surface area contributed by atoms with E-state index in [0.717, 1.165) is 42.3 Å². The zero-order chi connectivity index (χ0) is 14.2. The summed E-state index contributed by atoms with van der Waals surface area (Å²) >= 11 is 0. The highest BCUT2D eigenvalue weighted by molar-refractivity contribution is 5.56. The number of H-pyrrole nitrogens is 1. The number of hydrogen-bond acceptors (Lipinski definition) is 5. The summed E-state index contributed by atoms with van der Waals surface area (Å²) in [4.78, 5) is 0. The average molecular weight is 279 g/mol. The predicted octanol–water partition coefficient (Wildman–Crippen LogP) is 1.47. The molecule has 0 amide bonds. The average Bonchev–Trinajstić information content (AvgIpc) is 3.06. The molecule has 0 aliphatic rings. The normalized spacial score (nSPS) is 11.1. The lowest BCUT2D eigenvalue weighted by Crippen LogP contribution is -2.16. The number of aromatic amines is 1.